The molecule has 1 fully saturated rings. The molecule has 2 aromatic carbocycles. The van der Waals surface area contributed by atoms with Crippen LogP contribution in [-0.4, -0.2) is 16.4 Å². The van der Waals surface area contributed by atoms with Crippen LogP contribution in [0.1, 0.15) is 55.7 Å². The molecule has 0 unspecified atom stereocenters. The Morgan fingerprint density at radius 3 is 2.58 bits per heavy atom. The molecular formula is C21H20Cl2N2O. The number of hydrazone groups is 1. The van der Waals surface area contributed by atoms with Gasteiger partial charge in [0.05, 0.1) is 16.8 Å². The summed E-state index contributed by atoms with van der Waals surface area (Å²) in [6.45, 7) is 0. The summed E-state index contributed by atoms with van der Waals surface area (Å²) in [6.07, 6.45) is 6.36. The molecule has 1 aliphatic carbocycles. The average Bonchev–Trinajstić information content (AvgIpc) is 3.12. The maximum Gasteiger partial charge on any atom is 0.198 e. The summed E-state index contributed by atoms with van der Waals surface area (Å²) < 4.78 is 6.57. The smallest absolute Gasteiger partial charge is 0.198 e. The number of nitrogens with zero attached hydrogens (tertiary/aromatic N) is 2. The highest BCUT2D eigenvalue weighted by atomic mass is 35.5. The van der Waals surface area contributed by atoms with E-state index in [1.807, 2.05) is 12.1 Å². The largest absolute Gasteiger partial charge is 0.465 e. The number of rotatable bonds is 1. The van der Waals surface area contributed by atoms with Crippen LogP contribution in [0.2, 0.25) is 10.0 Å². The summed E-state index contributed by atoms with van der Waals surface area (Å²) in [5.74, 6) is 0.795. The third-order valence-electron chi connectivity index (χ3n) is 5.76. The standard InChI is InChI=1S/C21H20Cl2N2O/c22-15-11-16-19-13-18(14-7-3-1-4-8-14)24-25(19)21(9-5-2-6-10-21)26-20(16)17(23)12-15/h1,3-4,7-8,11-12,19H,2,5-6,9-10,13H2/t19-/m1/s1. The number of hydrogen-bond acceptors (Lipinski definition) is 3. The van der Waals surface area contributed by atoms with Gasteiger partial charge < -0.3 is 4.74 Å². The minimum atomic E-state index is -0.385. The average molecular weight is 387 g/mol. The van der Waals surface area contributed by atoms with E-state index in [0.29, 0.717) is 10.0 Å². The summed E-state index contributed by atoms with van der Waals surface area (Å²) in [6, 6.07) is 14.3. The molecule has 3 aliphatic rings. The van der Waals surface area contributed by atoms with Crippen molar-refractivity contribution in [2.75, 3.05) is 0 Å². The first-order valence-electron chi connectivity index (χ1n) is 9.26. The molecule has 5 rings (SSSR count). The Labute approximate surface area is 163 Å². The zero-order valence-electron chi connectivity index (χ0n) is 14.4. The SMILES string of the molecule is Clc1cc(Cl)c2c(c1)[C@H]1CC(c3ccccc3)=NN1C1(CCCCC1)O2. The van der Waals surface area contributed by atoms with Crippen LogP contribution in [0, 0.1) is 0 Å². The van der Waals surface area contributed by atoms with Crippen molar-refractivity contribution in [3.63, 3.8) is 0 Å². The molecule has 2 heterocycles. The van der Waals surface area contributed by atoms with Gasteiger partial charge in [-0.1, -0.05) is 60.0 Å². The van der Waals surface area contributed by atoms with Gasteiger partial charge in [0.1, 0.15) is 5.75 Å². The van der Waals surface area contributed by atoms with Gasteiger partial charge in [-0.05, 0) is 30.5 Å². The van der Waals surface area contributed by atoms with Crippen LogP contribution in [0.4, 0.5) is 0 Å². The van der Waals surface area contributed by atoms with Crippen molar-refractivity contribution in [1.82, 2.24) is 5.01 Å². The topological polar surface area (TPSA) is 24.8 Å². The number of benzene rings is 2. The van der Waals surface area contributed by atoms with Crippen LogP contribution >= 0.6 is 23.2 Å². The minimum Gasteiger partial charge on any atom is -0.465 e. The second kappa shape index (κ2) is 6.17. The molecule has 1 spiro atoms. The van der Waals surface area contributed by atoms with E-state index in [1.165, 1.54) is 12.0 Å². The molecule has 0 saturated heterocycles. The van der Waals surface area contributed by atoms with E-state index in [-0.39, 0.29) is 11.8 Å². The highest BCUT2D eigenvalue weighted by Crippen LogP contribution is 2.53. The fourth-order valence-electron chi connectivity index (χ4n) is 4.54. The molecule has 0 radical (unpaired) electrons. The molecule has 134 valence electrons. The molecule has 0 N–H and O–H groups in total. The Hall–Kier alpha value is -1.71. The predicted octanol–water partition coefficient (Wildman–Crippen LogP) is 6.20. The van der Waals surface area contributed by atoms with Crippen LogP contribution in [0.25, 0.3) is 0 Å². The number of ether oxygens (including phenoxy) is 1. The monoisotopic (exact) mass is 386 g/mol. The summed E-state index contributed by atoms with van der Waals surface area (Å²) in [4.78, 5) is 0. The van der Waals surface area contributed by atoms with Gasteiger partial charge in [0.25, 0.3) is 0 Å². The summed E-state index contributed by atoms with van der Waals surface area (Å²) >= 11 is 12.8. The summed E-state index contributed by atoms with van der Waals surface area (Å²) in [5.41, 5.74) is 2.94. The van der Waals surface area contributed by atoms with Gasteiger partial charge in [0, 0.05) is 29.8 Å². The Balaban J connectivity index is 1.64. The zero-order valence-corrected chi connectivity index (χ0v) is 15.9. The fraction of sp³-hybridized carbons (Fsp3) is 0.381. The third-order valence-corrected chi connectivity index (χ3v) is 6.26. The van der Waals surface area contributed by atoms with E-state index in [2.05, 4.69) is 29.3 Å². The van der Waals surface area contributed by atoms with Gasteiger partial charge in [0.15, 0.2) is 5.72 Å². The summed E-state index contributed by atoms with van der Waals surface area (Å²) in [5, 5.41) is 8.51. The predicted molar refractivity (Wildman–Crippen MR) is 105 cm³/mol. The molecule has 1 saturated carbocycles. The van der Waals surface area contributed by atoms with E-state index in [4.69, 9.17) is 33.0 Å². The molecule has 0 aromatic heterocycles. The third kappa shape index (κ3) is 2.52. The first kappa shape index (κ1) is 16.5. The van der Waals surface area contributed by atoms with Gasteiger partial charge in [-0.2, -0.15) is 5.10 Å². The van der Waals surface area contributed by atoms with Crippen LogP contribution in [0.15, 0.2) is 47.6 Å². The van der Waals surface area contributed by atoms with Gasteiger partial charge in [-0.3, -0.25) is 0 Å². The first-order chi connectivity index (χ1) is 12.7. The van der Waals surface area contributed by atoms with Crippen LogP contribution in [-0.2, 0) is 0 Å². The molecular weight excluding hydrogens is 367 g/mol. The van der Waals surface area contributed by atoms with Gasteiger partial charge in [0.2, 0.25) is 0 Å². The van der Waals surface area contributed by atoms with Crippen molar-refractivity contribution in [3.8, 4) is 5.75 Å². The highest BCUT2D eigenvalue weighted by molar-refractivity contribution is 6.35. The van der Waals surface area contributed by atoms with Crippen molar-refractivity contribution in [3.05, 3.63) is 63.6 Å². The molecule has 5 heteroatoms. The van der Waals surface area contributed by atoms with Gasteiger partial charge in [-0.25, -0.2) is 5.01 Å². The lowest BCUT2D eigenvalue weighted by Gasteiger charge is -2.49. The Kier molecular flexibility index (Phi) is 3.91. The van der Waals surface area contributed by atoms with Crippen LogP contribution < -0.4 is 4.74 Å². The van der Waals surface area contributed by atoms with Crippen molar-refractivity contribution in [1.29, 1.82) is 0 Å². The molecule has 1 atom stereocenters. The lowest BCUT2D eigenvalue weighted by Crippen LogP contribution is -2.54. The molecule has 0 amide bonds. The van der Waals surface area contributed by atoms with Crippen molar-refractivity contribution in [2.45, 2.75) is 50.3 Å². The quantitative estimate of drug-likeness (QED) is 0.582. The fourth-order valence-corrected chi connectivity index (χ4v) is 5.09. The van der Waals surface area contributed by atoms with E-state index >= 15 is 0 Å². The Bertz CT molecular complexity index is 875. The highest BCUT2D eigenvalue weighted by Gasteiger charge is 2.51. The number of hydrogen-bond donors (Lipinski definition) is 0. The zero-order chi connectivity index (χ0) is 17.7. The molecule has 2 aromatic rings. The lowest BCUT2D eigenvalue weighted by molar-refractivity contribution is -0.140. The number of halogens is 2. The van der Waals surface area contributed by atoms with E-state index in [9.17, 15) is 0 Å². The van der Waals surface area contributed by atoms with Crippen molar-refractivity contribution >= 4 is 28.9 Å². The van der Waals surface area contributed by atoms with Gasteiger partial charge >= 0.3 is 0 Å². The van der Waals surface area contributed by atoms with Gasteiger partial charge in [-0.15, -0.1) is 0 Å². The van der Waals surface area contributed by atoms with E-state index in [1.54, 1.807) is 6.07 Å². The number of fused-ring (bicyclic) bond motifs is 4. The maximum atomic E-state index is 6.57. The normalized spacial score (nSPS) is 23.2. The van der Waals surface area contributed by atoms with Crippen LogP contribution in [0.5, 0.6) is 5.75 Å². The Morgan fingerprint density at radius 2 is 1.81 bits per heavy atom. The Morgan fingerprint density at radius 1 is 1.04 bits per heavy atom. The minimum absolute atomic E-state index is 0.128. The maximum absolute atomic E-state index is 6.57. The van der Waals surface area contributed by atoms with E-state index < -0.39 is 0 Å². The first-order valence-corrected chi connectivity index (χ1v) is 10.0. The van der Waals surface area contributed by atoms with Crippen LogP contribution in [0.3, 0.4) is 0 Å². The molecule has 26 heavy (non-hydrogen) atoms. The summed E-state index contributed by atoms with van der Waals surface area (Å²) in [7, 11) is 0. The van der Waals surface area contributed by atoms with Crippen molar-refractivity contribution < 1.29 is 4.74 Å². The van der Waals surface area contributed by atoms with E-state index in [0.717, 1.165) is 49.1 Å². The molecule has 2 aliphatic heterocycles. The van der Waals surface area contributed by atoms with Crippen molar-refractivity contribution in [2.24, 2.45) is 5.10 Å². The second-order valence-electron chi connectivity index (χ2n) is 7.39. The lowest BCUT2D eigenvalue weighted by atomic mass is 9.86. The molecule has 0 bridgehead atoms. The molecule has 3 nitrogen and oxygen atoms in total. The second-order valence-corrected chi connectivity index (χ2v) is 8.24.